The van der Waals surface area contributed by atoms with E-state index in [0.29, 0.717) is 18.2 Å². The lowest BCUT2D eigenvalue weighted by Crippen LogP contribution is -2.30. The van der Waals surface area contributed by atoms with Gasteiger partial charge in [-0.05, 0) is 25.3 Å². The molecule has 1 unspecified atom stereocenters. The topological polar surface area (TPSA) is 71.2 Å². The van der Waals surface area contributed by atoms with Gasteiger partial charge in [0.15, 0.2) is 0 Å². The Balaban J connectivity index is 1.88. The fraction of sp³-hybridized carbons (Fsp3) is 0.462. The van der Waals surface area contributed by atoms with Gasteiger partial charge in [-0.15, -0.1) is 0 Å². The summed E-state index contributed by atoms with van der Waals surface area (Å²) in [7, 11) is 0. The highest BCUT2D eigenvalue weighted by atomic mass is 35.5. The van der Waals surface area contributed by atoms with E-state index in [0.717, 1.165) is 30.3 Å². The summed E-state index contributed by atoms with van der Waals surface area (Å²) in [5.41, 5.74) is 0.818. The molecule has 0 spiro atoms. The summed E-state index contributed by atoms with van der Waals surface area (Å²) >= 11 is 6.06. The molecule has 3 heterocycles. The van der Waals surface area contributed by atoms with Crippen LogP contribution in [-0.2, 0) is 0 Å². The van der Waals surface area contributed by atoms with E-state index in [9.17, 15) is 4.79 Å². The van der Waals surface area contributed by atoms with Crippen molar-refractivity contribution in [1.29, 1.82) is 0 Å². The first-order valence-electron chi connectivity index (χ1n) is 6.61. The minimum atomic E-state index is -0.839. The Kier molecular flexibility index (Phi) is 3.48. The standard InChI is InChI=1S/C13H15ClN4O2/c14-11-10-4-7-18(12(10)16-8-15-11)9-2-1-5-17(6-3-9)13(19)20/h4,7-9H,1-3,5-6H2,(H,19,20). The Labute approximate surface area is 121 Å². The number of likely N-dealkylation sites (tertiary alicyclic amines) is 1. The summed E-state index contributed by atoms with van der Waals surface area (Å²) in [6.45, 7) is 1.15. The number of halogens is 1. The molecule has 1 aliphatic heterocycles. The second kappa shape index (κ2) is 5.28. The lowest BCUT2D eigenvalue weighted by molar-refractivity contribution is 0.146. The summed E-state index contributed by atoms with van der Waals surface area (Å²) < 4.78 is 2.09. The van der Waals surface area contributed by atoms with Crippen molar-refractivity contribution in [2.75, 3.05) is 13.1 Å². The Morgan fingerprint density at radius 1 is 1.35 bits per heavy atom. The van der Waals surface area contributed by atoms with E-state index in [-0.39, 0.29) is 6.04 Å². The molecule has 0 aliphatic carbocycles. The first-order chi connectivity index (χ1) is 9.66. The van der Waals surface area contributed by atoms with Crippen molar-refractivity contribution in [3.05, 3.63) is 23.7 Å². The van der Waals surface area contributed by atoms with E-state index < -0.39 is 6.09 Å². The zero-order valence-corrected chi connectivity index (χ0v) is 11.6. The van der Waals surface area contributed by atoms with Gasteiger partial charge in [-0.25, -0.2) is 14.8 Å². The molecular weight excluding hydrogens is 280 g/mol. The molecule has 0 saturated carbocycles. The average molecular weight is 295 g/mol. The first-order valence-corrected chi connectivity index (χ1v) is 6.99. The molecule has 1 amide bonds. The summed E-state index contributed by atoms with van der Waals surface area (Å²) in [6, 6.07) is 2.17. The molecule has 0 bridgehead atoms. The van der Waals surface area contributed by atoms with Gasteiger partial charge in [-0.1, -0.05) is 11.6 Å². The van der Waals surface area contributed by atoms with Crippen molar-refractivity contribution in [2.45, 2.75) is 25.3 Å². The molecule has 2 aromatic rings. The second-order valence-corrected chi connectivity index (χ2v) is 5.34. The van der Waals surface area contributed by atoms with Gasteiger partial charge in [0.05, 0.1) is 5.39 Å². The highest BCUT2D eigenvalue weighted by Crippen LogP contribution is 2.28. The van der Waals surface area contributed by atoms with E-state index in [1.54, 1.807) is 0 Å². The number of nitrogens with zero attached hydrogens (tertiary/aromatic N) is 4. The maximum Gasteiger partial charge on any atom is 0.407 e. The van der Waals surface area contributed by atoms with Crippen LogP contribution in [0.25, 0.3) is 11.0 Å². The summed E-state index contributed by atoms with van der Waals surface area (Å²) in [5, 5.41) is 10.4. The fourth-order valence-electron chi connectivity index (χ4n) is 2.78. The van der Waals surface area contributed by atoms with E-state index in [1.807, 2.05) is 12.3 Å². The van der Waals surface area contributed by atoms with Crippen LogP contribution in [0.2, 0.25) is 5.15 Å². The quantitative estimate of drug-likeness (QED) is 0.821. The van der Waals surface area contributed by atoms with Gasteiger partial charge in [0.25, 0.3) is 0 Å². The molecule has 6 nitrogen and oxygen atoms in total. The van der Waals surface area contributed by atoms with Crippen LogP contribution in [0.1, 0.15) is 25.3 Å². The van der Waals surface area contributed by atoms with Gasteiger partial charge in [0.2, 0.25) is 0 Å². The Bertz CT molecular complexity index is 642. The number of aromatic nitrogens is 3. The van der Waals surface area contributed by atoms with Crippen LogP contribution < -0.4 is 0 Å². The van der Waals surface area contributed by atoms with Crippen molar-refractivity contribution in [2.24, 2.45) is 0 Å². The predicted molar refractivity (Wildman–Crippen MR) is 75.0 cm³/mol. The zero-order valence-electron chi connectivity index (χ0n) is 10.9. The predicted octanol–water partition coefficient (Wildman–Crippen LogP) is 2.79. The Hall–Kier alpha value is -1.82. The monoisotopic (exact) mass is 294 g/mol. The van der Waals surface area contributed by atoms with Gasteiger partial charge in [0.1, 0.15) is 17.1 Å². The van der Waals surface area contributed by atoms with E-state index in [1.165, 1.54) is 11.2 Å². The molecule has 1 fully saturated rings. The van der Waals surface area contributed by atoms with Crippen molar-refractivity contribution in [3.8, 4) is 0 Å². The number of rotatable bonds is 1. The number of hydrogen-bond donors (Lipinski definition) is 1. The molecule has 20 heavy (non-hydrogen) atoms. The SMILES string of the molecule is O=C(O)N1CCCC(n2ccc3c(Cl)ncnc32)CC1. The van der Waals surface area contributed by atoms with Crippen LogP contribution in [-0.4, -0.2) is 43.7 Å². The normalized spacial score (nSPS) is 20.1. The highest BCUT2D eigenvalue weighted by Gasteiger charge is 2.22. The summed E-state index contributed by atoms with van der Waals surface area (Å²) in [6.07, 6.45) is 5.17. The van der Waals surface area contributed by atoms with Crippen molar-refractivity contribution >= 4 is 28.7 Å². The van der Waals surface area contributed by atoms with Crippen LogP contribution in [0.3, 0.4) is 0 Å². The van der Waals surface area contributed by atoms with Crippen LogP contribution in [0.4, 0.5) is 4.79 Å². The molecule has 0 aromatic carbocycles. The second-order valence-electron chi connectivity index (χ2n) is 4.98. The van der Waals surface area contributed by atoms with Crippen molar-refractivity contribution in [3.63, 3.8) is 0 Å². The van der Waals surface area contributed by atoms with Crippen LogP contribution in [0, 0.1) is 0 Å². The molecule has 1 atom stereocenters. The molecular formula is C13H15ClN4O2. The lowest BCUT2D eigenvalue weighted by Gasteiger charge is -2.18. The minimum absolute atomic E-state index is 0.253. The maximum absolute atomic E-state index is 11.0. The van der Waals surface area contributed by atoms with E-state index in [4.69, 9.17) is 16.7 Å². The van der Waals surface area contributed by atoms with Gasteiger partial charge < -0.3 is 14.6 Å². The van der Waals surface area contributed by atoms with Gasteiger partial charge in [0, 0.05) is 25.3 Å². The number of hydrogen-bond acceptors (Lipinski definition) is 3. The van der Waals surface area contributed by atoms with Crippen LogP contribution >= 0.6 is 11.6 Å². The first kappa shape index (κ1) is 13.2. The molecule has 1 aliphatic rings. The van der Waals surface area contributed by atoms with E-state index >= 15 is 0 Å². The van der Waals surface area contributed by atoms with Crippen molar-refractivity contribution < 1.29 is 9.90 Å². The third-order valence-electron chi connectivity index (χ3n) is 3.82. The Morgan fingerprint density at radius 3 is 3.00 bits per heavy atom. The summed E-state index contributed by atoms with van der Waals surface area (Å²) in [5.74, 6) is 0. The smallest absolute Gasteiger partial charge is 0.407 e. The molecule has 3 rings (SSSR count). The molecule has 7 heteroatoms. The fourth-order valence-corrected chi connectivity index (χ4v) is 2.97. The average Bonchev–Trinajstić information content (AvgIpc) is 2.70. The molecule has 106 valence electrons. The van der Waals surface area contributed by atoms with Crippen LogP contribution in [0.15, 0.2) is 18.6 Å². The van der Waals surface area contributed by atoms with E-state index in [2.05, 4.69) is 14.5 Å². The molecule has 0 radical (unpaired) electrons. The number of carbonyl (C=O) groups is 1. The molecule has 1 N–H and O–H groups in total. The minimum Gasteiger partial charge on any atom is -0.465 e. The highest BCUT2D eigenvalue weighted by molar-refractivity contribution is 6.33. The third kappa shape index (κ3) is 2.31. The number of fused-ring (bicyclic) bond motifs is 1. The van der Waals surface area contributed by atoms with Gasteiger partial charge in [-0.2, -0.15) is 0 Å². The Morgan fingerprint density at radius 2 is 2.20 bits per heavy atom. The third-order valence-corrected chi connectivity index (χ3v) is 4.12. The lowest BCUT2D eigenvalue weighted by atomic mass is 10.1. The van der Waals surface area contributed by atoms with Gasteiger partial charge >= 0.3 is 6.09 Å². The number of amides is 1. The van der Waals surface area contributed by atoms with Crippen LogP contribution in [0.5, 0.6) is 0 Å². The largest absolute Gasteiger partial charge is 0.465 e. The number of carboxylic acid groups (broad SMARTS) is 1. The van der Waals surface area contributed by atoms with Gasteiger partial charge in [-0.3, -0.25) is 0 Å². The maximum atomic E-state index is 11.0. The zero-order chi connectivity index (χ0) is 14.1. The van der Waals surface area contributed by atoms with Crippen molar-refractivity contribution in [1.82, 2.24) is 19.4 Å². The summed E-state index contributed by atoms with van der Waals surface area (Å²) in [4.78, 5) is 20.8. The molecule has 2 aromatic heterocycles. The molecule has 1 saturated heterocycles.